The van der Waals surface area contributed by atoms with Gasteiger partial charge in [-0.3, -0.25) is 0 Å². The second kappa shape index (κ2) is 16.0. The van der Waals surface area contributed by atoms with E-state index in [1.165, 1.54) is 0 Å². The Bertz CT molecular complexity index is 35.9. The molecule has 0 unspecified atom stereocenters. The molecule has 0 atom stereocenters. The molecule has 0 radical (unpaired) electrons. The van der Waals surface area contributed by atoms with E-state index in [1.54, 1.807) is 0 Å². The normalized spacial score (nSPS) is 3.43. The third kappa shape index (κ3) is 50.3. The molecule has 3 nitrogen and oxygen atoms in total. The smallest absolute Gasteiger partial charge is 0.652 e. The average Bonchev–Trinajstić information content (AvgIpc) is 0.811. The van der Waals surface area contributed by atoms with Crippen LogP contribution in [0.25, 0.3) is 0 Å². The zero-order valence-corrected chi connectivity index (χ0v) is 11.8. The molecule has 0 saturated carbocycles. The predicted octanol–water partition coefficient (Wildman–Crippen LogP) is -11.4. The van der Waals surface area contributed by atoms with Crippen molar-refractivity contribution in [3.8, 4) is 0 Å². The molecule has 0 N–H and O–H groups in total. The first-order chi connectivity index (χ1) is 1.73. The Morgan fingerprint density at radius 1 is 1.14 bits per heavy atom. The summed E-state index contributed by atoms with van der Waals surface area (Å²) in [6.07, 6.45) is -2.33. The third-order valence-corrected chi connectivity index (χ3v) is 0. The molecule has 0 rings (SSSR count). The minimum absolute atomic E-state index is 0. The minimum atomic E-state index is -2.33. The van der Waals surface area contributed by atoms with E-state index in [0.29, 0.717) is 0 Å². The maximum atomic E-state index is 8.33. The Kier molecular flexibility index (Phi) is 51.4. The maximum absolute atomic E-state index is 8.33. The van der Waals surface area contributed by atoms with Gasteiger partial charge in [0.1, 0.15) is 0 Å². The van der Waals surface area contributed by atoms with E-state index < -0.39 is 6.16 Å². The molecule has 0 aliphatic rings. The van der Waals surface area contributed by atoms with Crippen LogP contribution in [0.3, 0.4) is 0 Å². The van der Waals surface area contributed by atoms with E-state index in [4.69, 9.17) is 15.0 Å². The molecule has 0 aliphatic heterocycles. The van der Waals surface area contributed by atoms with Gasteiger partial charge in [0.15, 0.2) is 0 Å². The summed E-state index contributed by atoms with van der Waals surface area (Å²) in [5.41, 5.74) is 0. The quantitative estimate of drug-likeness (QED) is 0.318. The monoisotopic (exact) mass is 145 g/mol. The zero-order chi connectivity index (χ0) is 3.58. The van der Waals surface area contributed by atoms with Gasteiger partial charge < -0.3 is 15.0 Å². The Morgan fingerprint density at radius 3 is 1.14 bits per heavy atom. The van der Waals surface area contributed by atoms with Gasteiger partial charge in [-0.1, -0.05) is 0 Å². The Hall–Kier alpha value is 2.91. The Morgan fingerprint density at radius 2 is 1.14 bits per heavy atom. The number of hydrogen-bond donors (Lipinski definition) is 0. The maximum Gasteiger partial charge on any atom is 1.00 e. The van der Waals surface area contributed by atoms with Crippen LogP contribution in [0.1, 0.15) is 0 Å². The molecule has 0 aromatic heterocycles. The van der Waals surface area contributed by atoms with Gasteiger partial charge in [0, 0.05) is 0 Å². The van der Waals surface area contributed by atoms with Crippen molar-refractivity contribution in [2.45, 2.75) is 0 Å². The van der Waals surface area contributed by atoms with Crippen molar-refractivity contribution >= 4 is 6.16 Å². The summed E-state index contributed by atoms with van der Waals surface area (Å²) in [5, 5.41) is 16.7. The fourth-order valence-corrected chi connectivity index (χ4v) is 0. The predicted molar refractivity (Wildman–Crippen MR) is 5.40 cm³/mol. The van der Waals surface area contributed by atoms with Gasteiger partial charge in [0.05, 0.1) is 0 Å². The van der Waals surface area contributed by atoms with Crippen molar-refractivity contribution in [2.24, 2.45) is 0 Å². The van der Waals surface area contributed by atoms with Crippen LogP contribution in [-0.4, -0.2) is 6.16 Å². The summed E-state index contributed by atoms with van der Waals surface area (Å²) in [4.78, 5) is 8.33. The molecule has 0 fully saturated rings. The van der Waals surface area contributed by atoms with Crippen LogP contribution in [0.4, 0.5) is 4.79 Å². The number of carbonyl (C=O) groups is 1. The van der Waals surface area contributed by atoms with Gasteiger partial charge in [-0.15, -0.1) is 0 Å². The van der Waals surface area contributed by atoms with E-state index in [1.807, 2.05) is 0 Å². The van der Waals surface area contributed by atoms with Crippen LogP contribution in [-0.2, 0) is 0 Å². The molecule has 0 aromatic carbocycles. The standard InChI is InChI=1S/CH2O3.K.2Na/c2-1(3)4;;;/h(H2,2,3,4);;;/q;3*+1/p-2. The molecular formula is CKNa2O3+. The van der Waals surface area contributed by atoms with Crippen molar-refractivity contribution in [2.75, 3.05) is 0 Å². The van der Waals surface area contributed by atoms with E-state index in [9.17, 15) is 0 Å². The van der Waals surface area contributed by atoms with Crippen molar-refractivity contribution in [3.05, 3.63) is 0 Å². The second-order valence-corrected chi connectivity index (χ2v) is 0.250. The van der Waals surface area contributed by atoms with Gasteiger partial charge in [0.25, 0.3) is 0 Å². The zero-order valence-electron chi connectivity index (χ0n) is 4.72. The van der Waals surface area contributed by atoms with Crippen LogP contribution in [0, 0.1) is 0 Å². The van der Waals surface area contributed by atoms with Gasteiger partial charge in [-0.25, -0.2) is 0 Å². The fraction of sp³-hybridized carbons (Fsp3) is 0. The first-order valence-electron chi connectivity index (χ1n) is 0.612. The van der Waals surface area contributed by atoms with Crippen LogP contribution in [0.5, 0.6) is 0 Å². The first-order valence-corrected chi connectivity index (χ1v) is 0.612. The van der Waals surface area contributed by atoms with Crippen molar-refractivity contribution < 1.29 is 126 Å². The average molecular weight is 145 g/mol. The van der Waals surface area contributed by atoms with E-state index in [0.717, 1.165) is 0 Å². The van der Waals surface area contributed by atoms with Gasteiger partial charge in [0.2, 0.25) is 0 Å². The number of rotatable bonds is 0. The Balaban J connectivity index is -0.0000000150. The molecule has 0 bridgehead atoms. The third-order valence-electron chi connectivity index (χ3n) is 0. The van der Waals surface area contributed by atoms with Crippen LogP contribution in [0.15, 0.2) is 0 Å². The molecule has 24 valence electrons. The topological polar surface area (TPSA) is 63.2 Å². The summed E-state index contributed by atoms with van der Waals surface area (Å²) in [6.45, 7) is 0. The van der Waals surface area contributed by atoms with Crippen molar-refractivity contribution in [1.82, 2.24) is 0 Å². The summed E-state index contributed by atoms with van der Waals surface area (Å²) in [6, 6.07) is 0. The molecule has 0 saturated heterocycles. The van der Waals surface area contributed by atoms with Crippen molar-refractivity contribution in [3.63, 3.8) is 0 Å². The SMILES string of the molecule is O=C([O-])[O-].[K+].[Na+].[Na+]. The fourth-order valence-electron chi connectivity index (χ4n) is 0. The molecule has 0 aromatic rings. The van der Waals surface area contributed by atoms with E-state index >= 15 is 0 Å². The number of carbonyl (C=O) groups excluding carboxylic acids is 1. The summed E-state index contributed by atoms with van der Waals surface area (Å²) in [5.74, 6) is 0. The number of carboxylic acid groups (broad SMARTS) is 2. The molecule has 0 amide bonds. The summed E-state index contributed by atoms with van der Waals surface area (Å²) < 4.78 is 0. The van der Waals surface area contributed by atoms with E-state index in [2.05, 4.69) is 0 Å². The van der Waals surface area contributed by atoms with Crippen LogP contribution < -0.4 is 121 Å². The van der Waals surface area contributed by atoms with Gasteiger partial charge in [-0.2, -0.15) is 0 Å². The first kappa shape index (κ1) is 22.5. The second-order valence-electron chi connectivity index (χ2n) is 0.250. The number of hydrogen-bond acceptors (Lipinski definition) is 3. The molecule has 0 aliphatic carbocycles. The summed E-state index contributed by atoms with van der Waals surface area (Å²) >= 11 is 0. The molecule has 0 heterocycles. The molecule has 7 heavy (non-hydrogen) atoms. The summed E-state index contributed by atoms with van der Waals surface area (Å²) in [7, 11) is 0. The van der Waals surface area contributed by atoms with Crippen LogP contribution in [0.2, 0.25) is 0 Å². The van der Waals surface area contributed by atoms with Gasteiger partial charge in [-0.05, 0) is 6.16 Å². The molecule has 6 heteroatoms. The minimum Gasteiger partial charge on any atom is -0.652 e. The van der Waals surface area contributed by atoms with Crippen molar-refractivity contribution in [1.29, 1.82) is 0 Å². The molecule has 0 spiro atoms. The molecular weight excluding hydrogens is 145 g/mol. The van der Waals surface area contributed by atoms with E-state index in [-0.39, 0.29) is 110 Å². The van der Waals surface area contributed by atoms with Gasteiger partial charge >= 0.3 is 110 Å². The van der Waals surface area contributed by atoms with Crippen LogP contribution >= 0.6 is 0 Å². The largest absolute Gasteiger partial charge is 1.00 e. The Labute approximate surface area is 128 Å².